The van der Waals surface area contributed by atoms with Gasteiger partial charge >= 0.3 is 0 Å². The SMILES string of the molecule is S=c1[nH]nc(-c2cccs2)n1N=Cc1cccc(Cl)c1. The molecule has 2 aromatic heterocycles. The van der Waals surface area contributed by atoms with Crippen LogP contribution in [0.2, 0.25) is 5.02 Å². The Morgan fingerprint density at radius 1 is 1.35 bits per heavy atom. The van der Waals surface area contributed by atoms with E-state index in [4.69, 9.17) is 23.8 Å². The molecule has 3 aromatic rings. The number of halogens is 1. The normalized spacial score (nSPS) is 11.2. The van der Waals surface area contributed by atoms with Crippen LogP contribution >= 0.6 is 35.2 Å². The lowest BCUT2D eigenvalue weighted by Gasteiger charge is -1.98. The van der Waals surface area contributed by atoms with E-state index in [9.17, 15) is 0 Å². The average Bonchev–Trinajstić information content (AvgIpc) is 3.06. The molecule has 2 heterocycles. The topological polar surface area (TPSA) is 46.0 Å². The summed E-state index contributed by atoms with van der Waals surface area (Å²) in [6.45, 7) is 0. The van der Waals surface area contributed by atoms with Crippen molar-refractivity contribution >= 4 is 41.4 Å². The van der Waals surface area contributed by atoms with Crippen LogP contribution in [0.3, 0.4) is 0 Å². The number of benzene rings is 1. The third kappa shape index (κ3) is 2.72. The van der Waals surface area contributed by atoms with E-state index >= 15 is 0 Å². The van der Waals surface area contributed by atoms with Crippen molar-refractivity contribution in [2.45, 2.75) is 0 Å². The summed E-state index contributed by atoms with van der Waals surface area (Å²) in [5, 5.41) is 14.0. The van der Waals surface area contributed by atoms with E-state index in [0.29, 0.717) is 15.6 Å². The predicted molar refractivity (Wildman–Crippen MR) is 85.2 cm³/mol. The van der Waals surface area contributed by atoms with Crippen molar-refractivity contribution in [1.82, 2.24) is 14.9 Å². The lowest BCUT2D eigenvalue weighted by atomic mass is 10.2. The van der Waals surface area contributed by atoms with Crippen LogP contribution in [0.25, 0.3) is 10.7 Å². The van der Waals surface area contributed by atoms with Gasteiger partial charge in [-0.15, -0.1) is 11.3 Å². The van der Waals surface area contributed by atoms with Crippen molar-refractivity contribution in [2.24, 2.45) is 5.10 Å². The lowest BCUT2D eigenvalue weighted by Crippen LogP contribution is -1.93. The zero-order valence-electron chi connectivity index (χ0n) is 10.2. The Balaban J connectivity index is 1.99. The Kier molecular flexibility index (Phi) is 3.77. The highest BCUT2D eigenvalue weighted by molar-refractivity contribution is 7.71. The molecule has 0 spiro atoms. The molecule has 0 fully saturated rings. The van der Waals surface area contributed by atoms with Crippen LogP contribution in [0.5, 0.6) is 0 Å². The number of rotatable bonds is 3. The zero-order chi connectivity index (χ0) is 13.9. The fourth-order valence-electron chi connectivity index (χ4n) is 1.68. The van der Waals surface area contributed by atoms with Crippen molar-refractivity contribution in [2.75, 3.05) is 0 Å². The number of thiophene rings is 1. The summed E-state index contributed by atoms with van der Waals surface area (Å²) < 4.78 is 2.05. The monoisotopic (exact) mass is 320 g/mol. The van der Waals surface area contributed by atoms with E-state index in [1.807, 2.05) is 41.8 Å². The van der Waals surface area contributed by atoms with E-state index in [-0.39, 0.29) is 0 Å². The van der Waals surface area contributed by atoms with Gasteiger partial charge in [-0.25, -0.2) is 5.10 Å². The molecule has 0 saturated carbocycles. The molecule has 100 valence electrons. The maximum atomic E-state index is 5.94. The number of nitrogens with one attached hydrogen (secondary N) is 1. The Morgan fingerprint density at radius 3 is 3.00 bits per heavy atom. The van der Waals surface area contributed by atoms with Crippen LogP contribution in [-0.2, 0) is 0 Å². The van der Waals surface area contributed by atoms with Crippen LogP contribution in [0.15, 0.2) is 46.9 Å². The van der Waals surface area contributed by atoms with Gasteiger partial charge in [0.05, 0.1) is 11.1 Å². The summed E-state index contributed by atoms with van der Waals surface area (Å²) >= 11 is 12.7. The Labute approximate surface area is 129 Å². The summed E-state index contributed by atoms with van der Waals surface area (Å²) in [5.74, 6) is 0.697. The third-order valence-corrected chi connectivity index (χ3v) is 3.93. The molecule has 0 atom stereocenters. The number of nitrogens with zero attached hydrogens (tertiary/aromatic N) is 3. The van der Waals surface area contributed by atoms with Gasteiger partial charge < -0.3 is 0 Å². The Hall–Kier alpha value is -1.76. The molecule has 0 amide bonds. The van der Waals surface area contributed by atoms with Gasteiger partial charge in [-0.1, -0.05) is 29.8 Å². The van der Waals surface area contributed by atoms with Crippen LogP contribution in [-0.4, -0.2) is 21.1 Å². The smallest absolute Gasteiger partial charge is 0.216 e. The first-order valence-electron chi connectivity index (χ1n) is 5.75. The van der Waals surface area contributed by atoms with Gasteiger partial charge in [-0.3, -0.25) is 0 Å². The molecule has 0 aliphatic rings. The molecule has 1 aromatic carbocycles. The highest BCUT2D eigenvalue weighted by atomic mass is 35.5. The Bertz CT molecular complexity index is 802. The van der Waals surface area contributed by atoms with Gasteiger partial charge in [0.2, 0.25) is 4.77 Å². The van der Waals surface area contributed by atoms with Crippen LogP contribution in [0.4, 0.5) is 0 Å². The average molecular weight is 321 g/mol. The molecule has 4 nitrogen and oxygen atoms in total. The number of aromatic amines is 1. The second-order valence-electron chi connectivity index (χ2n) is 3.94. The quantitative estimate of drug-likeness (QED) is 0.580. The molecular formula is C13H9ClN4S2. The standard InChI is InChI=1S/C13H9ClN4S2/c14-10-4-1-3-9(7-10)8-15-18-12(16-17-13(18)19)11-5-2-6-20-11/h1-8H,(H,17,19). The molecule has 1 N–H and O–H groups in total. The minimum absolute atomic E-state index is 0.451. The highest BCUT2D eigenvalue weighted by Gasteiger charge is 2.08. The van der Waals surface area contributed by atoms with E-state index in [1.165, 1.54) is 0 Å². The van der Waals surface area contributed by atoms with E-state index in [0.717, 1.165) is 10.4 Å². The minimum Gasteiger partial charge on any atom is -0.250 e. The van der Waals surface area contributed by atoms with Crippen LogP contribution < -0.4 is 0 Å². The van der Waals surface area contributed by atoms with Crippen molar-refractivity contribution in [1.29, 1.82) is 0 Å². The maximum absolute atomic E-state index is 5.94. The number of H-pyrrole nitrogens is 1. The van der Waals surface area contributed by atoms with Crippen molar-refractivity contribution in [3.63, 3.8) is 0 Å². The highest BCUT2D eigenvalue weighted by Crippen LogP contribution is 2.22. The summed E-state index contributed by atoms with van der Waals surface area (Å²) in [6.07, 6.45) is 1.70. The van der Waals surface area contributed by atoms with E-state index in [2.05, 4.69) is 15.3 Å². The van der Waals surface area contributed by atoms with Crippen LogP contribution in [0, 0.1) is 4.77 Å². The first-order chi connectivity index (χ1) is 9.74. The van der Waals surface area contributed by atoms with Gasteiger partial charge in [-0.2, -0.15) is 14.9 Å². The number of hydrogen-bond donors (Lipinski definition) is 1. The van der Waals surface area contributed by atoms with E-state index in [1.54, 1.807) is 22.2 Å². The molecule has 0 aliphatic carbocycles. The Morgan fingerprint density at radius 2 is 2.25 bits per heavy atom. The summed E-state index contributed by atoms with van der Waals surface area (Å²) in [7, 11) is 0. The second-order valence-corrected chi connectivity index (χ2v) is 5.71. The van der Waals surface area contributed by atoms with Gasteiger partial charge in [0.25, 0.3) is 0 Å². The van der Waals surface area contributed by atoms with Gasteiger partial charge in [-0.05, 0) is 41.4 Å². The molecule has 0 aliphatic heterocycles. The lowest BCUT2D eigenvalue weighted by molar-refractivity contribution is 0.873. The fraction of sp³-hybridized carbons (Fsp3) is 0. The molecular weight excluding hydrogens is 312 g/mol. The van der Waals surface area contributed by atoms with E-state index < -0.39 is 0 Å². The largest absolute Gasteiger partial charge is 0.250 e. The van der Waals surface area contributed by atoms with Crippen molar-refractivity contribution < 1.29 is 0 Å². The first-order valence-corrected chi connectivity index (χ1v) is 7.42. The van der Waals surface area contributed by atoms with Crippen molar-refractivity contribution in [3.05, 3.63) is 57.1 Å². The van der Waals surface area contributed by atoms with Gasteiger partial charge in [0, 0.05) is 5.02 Å². The predicted octanol–water partition coefficient (Wildman–Crippen LogP) is 4.20. The first kappa shape index (κ1) is 13.2. The minimum atomic E-state index is 0.451. The van der Waals surface area contributed by atoms with Gasteiger partial charge in [0.15, 0.2) is 5.82 Å². The third-order valence-electron chi connectivity index (χ3n) is 2.56. The molecule has 3 rings (SSSR count). The molecule has 0 unspecified atom stereocenters. The van der Waals surface area contributed by atoms with Gasteiger partial charge in [0.1, 0.15) is 0 Å². The summed E-state index contributed by atoms with van der Waals surface area (Å²) in [4.78, 5) is 1.00. The molecule has 20 heavy (non-hydrogen) atoms. The molecule has 7 heteroatoms. The van der Waals surface area contributed by atoms with Crippen molar-refractivity contribution in [3.8, 4) is 10.7 Å². The summed E-state index contributed by atoms with van der Waals surface area (Å²) in [5.41, 5.74) is 0.901. The molecule has 0 radical (unpaired) electrons. The second kappa shape index (κ2) is 5.70. The number of hydrogen-bond acceptors (Lipinski definition) is 4. The number of aromatic nitrogens is 3. The molecule has 0 bridgehead atoms. The van der Waals surface area contributed by atoms with Crippen LogP contribution in [0.1, 0.15) is 5.56 Å². The zero-order valence-corrected chi connectivity index (χ0v) is 12.5. The summed E-state index contributed by atoms with van der Waals surface area (Å²) in [6, 6.07) is 11.4. The fourth-order valence-corrected chi connectivity index (χ4v) is 2.75. The maximum Gasteiger partial charge on any atom is 0.216 e. The molecule has 0 saturated heterocycles.